The molecule has 0 fully saturated rings. The van der Waals surface area contributed by atoms with Crippen LogP contribution >= 0.6 is 0 Å². The lowest BCUT2D eigenvalue weighted by molar-refractivity contribution is 0.620. The Morgan fingerprint density at radius 2 is 1.25 bits per heavy atom. The molecule has 0 bridgehead atoms. The second-order valence-corrected chi connectivity index (χ2v) is 15.5. The topological polar surface area (TPSA) is 42.4 Å². The SMILES string of the molecule is CC1(C)C2=CC(N(c3ccc(-c4cccc5c4oc4ccccc45)cc3)c3ccc4oc(-c5ccc(-c6ccccc6)cc5)nc4c3)CC=C2c2ccccc21. The number of allylic oxidation sites excluding steroid dienone is 2. The molecule has 0 radical (unpaired) electrons. The van der Waals surface area contributed by atoms with E-state index >= 15 is 0 Å². The molecular formula is C52H38N2O2. The van der Waals surface area contributed by atoms with Crippen LogP contribution in [0.1, 0.15) is 31.4 Å². The highest BCUT2D eigenvalue weighted by molar-refractivity contribution is 6.09. The first-order valence-electron chi connectivity index (χ1n) is 19.4. The van der Waals surface area contributed by atoms with Gasteiger partial charge in [0.25, 0.3) is 0 Å². The van der Waals surface area contributed by atoms with Crippen LogP contribution in [-0.2, 0) is 5.41 Å². The third kappa shape index (κ3) is 5.17. The van der Waals surface area contributed by atoms with Crippen molar-refractivity contribution in [3.63, 3.8) is 0 Å². The van der Waals surface area contributed by atoms with Gasteiger partial charge < -0.3 is 13.7 Å². The number of aromatic nitrogens is 1. The van der Waals surface area contributed by atoms with Gasteiger partial charge in [-0.1, -0.05) is 141 Å². The summed E-state index contributed by atoms with van der Waals surface area (Å²) in [5, 5.41) is 2.27. The van der Waals surface area contributed by atoms with E-state index in [9.17, 15) is 0 Å². The Labute approximate surface area is 325 Å². The fourth-order valence-electron chi connectivity index (χ4n) is 9.02. The summed E-state index contributed by atoms with van der Waals surface area (Å²) in [7, 11) is 0. The van der Waals surface area contributed by atoms with E-state index in [1.54, 1.807) is 0 Å². The van der Waals surface area contributed by atoms with Crippen LogP contribution in [0.4, 0.5) is 11.4 Å². The van der Waals surface area contributed by atoms with Gasteiger partial charge in [0.15, 0.2) is 5.58 Å². The van der Waals surface area contributed by atoms with Crippen molar-refractivity contribution in [3.05, 3.63) is 193 Å². The fourth-order valence-corrected chi connectivity index (χ4v) is 9.02. The number of oxazole rings is 1. The first kappa shape index (κ1) is 32.5. The largest absolute Gasteiger partial charge is 0.455 e. The van der Waals surface area contributed by atoms with Gasteiger partial charge in [-0.25, -0.2) is 4.98 Å². The Morgan fingerprint density at radius 1 is 0.571 bits per heavy atom. The molecule has 56 heavy (non-hydrogen) atoms. The van der Waals surface area contributed by atoms with Gasteiger partial charge in [0.2, 0.25) is 5.89 Å². The minimum absolute atomic E-state index is 0.0846. The van der Waals surface area contributed by atoms with Crippen LogP contribution in [0.3, 0.4) is 0 Å². The van der Waals surface area contributed by atoms with Crippen molar-refractivity contribution in [2.45, 2.75) is 31.7 Å². The third-order valence-electron chi connectivity index (χ3n) is 11.9. The molecule has 2 aliphatic carbocycles. The molecule has 9 aromatic rings. The van der Waals surface area contributed by atoms with Gasteiger partial charge in [-0.05, 0) is 93.9 Å². The predicted octanol–water partition coefficient (Wildman–Crippen LogP) is 13.9. The lowest BCUT2D eigenvalue weighted by Gasteiger charge is -2.35. The van der Waals surface area contributed by atoms with Crippen LogP contribution in [0.15, 0.2) is 190 Å². The molecule has 1 unspecified atom stereocenters. The third-order valence-corrected chi connectivity index (χ3v) is 11.9. The quantitative estimate of drug-likeness (QED) is 0.171. The van der Waals surface area contributed by atoms with E-state index in [4.69, 9.17) is 13.8 Å². The maximum atomic E-state index is 6.43. The summed E-state index contributed by atoms with van der Waals surface area (Å²) in [4.78, 5) is 7.51. The predicted molar refractivity (Wildman–Crippen MR) is 230 cm³/mol. The maximum absolute atomic E-state index is 6.43. The lowest BCUT2D eigenvalue weighted by Crippen LogP contribution is -2.32. The zero-order valence-electron chi connectivity index (χ0n) is 31.2. The summed E-state index contributed by atoms with van der Waals surface area (Å²) in [6.45, 7) is 4.71. The highest BCUT2D eigenvalue weighted by Crippen LogP contribution is 2.52. The van der Waals surface area contributed by atoms with Crippen molar-refractivity contribution in [2.24, 2.45) is 0 Å². The summed E-state index contributed by atoms with van der Waals surface area (Å²) in [6, 6.07) is 57.9. The number of para-hydroxylation sites is 2. The van der Waals surface area contributed by atoms with Crippen molar-refractivity contribution in [1.29, 1.82) is 0 Å². The number of nitrogens with zero attached hydrogens (tertiary/aromatic N) is 2. The van der Waals surface area contributed by atoms with Crippen LogP contribution < -0.4 is 4.90 Å². The van der Waals surface area contributed by atoms with Crippen molar-refractivity contribution < 1.29 is 8.83 Å². The van der Waals surface area contributed by atoms with Crippen molar-refractivity contribution in [2.75, 3.05) is 4.90 Å². The summed E-state index contributed by atoms with van der Waals surface area (Å²) >= 11 is 0. The molecule has 2 aromatic heterocycles. The van der Waals surface area contributed by atoms with Crippen LogP contribution in [0.25, 0.3) is 72.3 Å². The van der Waals surface area contributed by atoms with E-state index in [1.807, 2.05) is 18.2 Å². The number of fused-ring (bicyclic) bond motifs is 7. The standard InChI is InChI=1S/C52H38N2O2/c1-52(2)45-17-8-6-13-41(45)42-29-27-38(31-46(42)52)54(37-25-23-35(24-26-37)40-15-10-16-44-43-14-7-9-18-48(43)55-50(40)44)39-28-30-49-47(32-39)53-51(56-49)36-21-19-34(20-22-36)33-11-4-3-5-12-33/h3-26,28-32,38H,27H2,1-2H3. The van der Waals surface area contributed by atoms with Gasteiger partial charge in [-0.3, -0.25) is 0 Å². The Kier molecular flexibility index (Phi) is 7.30. The van der Waals surface area contributed by atoms with Crippen molar-refractivity contribution in [1.82, 2.24) is 4.98 Å². The second-order valence-electron chi connectivity index (χ2n) is 15.5. The maximum Gasteiger partial charge on any atom is 0.227 e. The highest BCUT2D eigenvalue weighted by Gasteiger charge is 2.40. The molecular weight excluding hydrogens is 685 g/mol. The van der Waals surface area contributed by atoms with Crippen molar-refractivity contribution >= 4 is 50.0 Å². The monoisotopic (exact) mass is 722 g/mol. The van der Waals surface area contributed by atoms with Gasteiger partial charge in [-0.2, -0.15) is 0 Å². The molecule has 0 saturated heterocycles. The summed E-state index contributed by atoms with van der Waals surface area (Å²) in [5.74, 6) is 0.616. The van der Waals surface area contributed by atoms with E-state index in [2.05, 4.69) is 176 Å². The van der Waals surface area contributed by atoms with Crippen LogP contribution in [0.2, 0.25) is 0 Å². The first-order valence-corrected chi connectivity index (χ1v) is 19.4. The number of benzene rings is 7. The average Bonchev–Trinajstić information content (AvgIpc) is 3.92. The molecule has 0 spiro atoms. The van der Waals surface area contributed by atoms with Crippen LogP contribution in [0, 0.1) is 0 Å². The molecule has 4 nitrogen and oxygen atoms in total. The van der Waals surface area contributed by atoms with Crippen molar-refractivity contribution in [3.8, 4) is 33.7 Å². The van der Waals surface area contributed by atoms with Crippen LogP contribution in [0.5, 0.6) is 0 Å². The number of anilines is 2. The zero-order valence-corrected chi connectivity index (χ0v) is 31.2. The number of furan rings is 1. The van der Waals surface area contributed by atoms with Gasteiger partial charge in [-0.15, -0.1) is 0 Å². The Bertz CT molecular complexity index is 3020. The molecule has 2 aliphatic rings. The molecule has 7 aromatic carbocycles. The zero-order chi connectivity index (χ0) is 37.4. The molecule has 0 amide bonds. The molecule has 0 aliphatic heterocycles. The molecule has 2 heterocycles. The lowest BCUT2D eigenvalue weighted by atomic mass is 9.79. The van der Waals surface area contributed by atoms with E-state index in [1.165, 1.54) is 27.8 Å². The first-order chi connectivity index (χ1) is 27.5. The van der Waals surface area contributed by atoms with Gasteiger partial charge in [0.1, 0.15) is 16.7 Å². The fraction of sp³-hybridized carbons (Fsp3) is 0.0962. The van der Waals surface area contributed by atoms with E-state index in [-0.39, 0.29) is 11.5 Å². The summed E-state index contributed by atoms with van der Waals surface area (Å²) in [5.41, 5.74) is 16.5. The molecule has 11 rings (SSSR count). The Morgan fingerprint density at radius 3 is 2.11 bits per heavy atom. The molecule has 4 heteroatoms. The minimum Gasteiger partial charge on any atom is -0.455 e. The molecule has 0 saturated carbocycles. The number of hydrogen-bond donors (Lipinski definition) is 0. The van der Waals surface area contributed by atoms with Gasteiger partial charge in [0, 0.05) is 38.7 Å². The highest BCUT2D eigenvalue weighted by atomic mass is 16.3. The Balaban J connectivity index is 0.994. The van der Waals surface area contributed by atoms with E-state index < -0.39 is 0 Å². The summed E-state index contributed by atoms with van der Waals surface area (Å²) < 4.78 is 12.8. The molecule has 0 N–H and O–H groups in total. The second kappa shape index (κ2) is 12.6. The van der Waals surface area contributed by atoms with Crippen LogP contribution in [-0.4, -0.2) is 11.0 Å². The minimum atomic E-state index is -0.0943. The smallest absolute Gasteiger partial charge is 0.227 e. The summed E-state index contributed by atoms with van der Waals surface area (Å²) in [6.07, 6.45) is 5.83. The van der Waals surface area contributed by atoms with Gasteiger partial charge in [0.05, 0.1) is 6.04 Å². The average molecular weight is 723 g/mol. The van der Waals surface area contributed by atoms with E-state index in [0.717, 1.165) is 73.1 Å². The normalized spacial score (nSPS) is 15.8. The molecule has 1 atom stereocenters. The van der Waals surface area contributed by atoms with E-state index in [0.29, 0.717) is 5.89 Å². The molecule has 268 valence electrons. The Hall–Kier alpha value is -6.91. The number of rotatable bonds is 6. The number of hydrogen-bond acceptors (Lipinski definition) is 4. The van der Waals surface area contributed by atoms with Gasteiger partial charge >= 0.3 is 0 Å².